The van der Waals surface area contributed by atoms with Crippen LogP contribution in [0.15, 0.2) is 16.9 Å². The molecule has 1 saturated heterocycles. The van der Waals surface area contributed by atoms with Crippen LogP contribution in [0.25, 0.3) is 0 Å². The Morgan fingerprint density at radius 1 is 1.45 bits per heavy atom. The lowest BCUT2D eigenvalue weighted by molar-refractivity contribution is 0.0177. The molecule has 1 fully saturated rings. The third-order valence-electron chi connectivity index (χ3n) is 3.31. The van der Waals surface area contributed by atoms with Gasteiger partial charge in [-0.15, -0.1) is 0 Å². The highest BCUT2D eigenvalue weighted by Gasteiger charge is 2.26. The Bertz CT molecular complexity index is 459. The van der Waals surface area contributed by atoms with Crippen molar-refractivity contribution in [2.75, 3.05) is 13.1 Å². The summed E-state index contributed by atoms with van der Waals surface area (Å²) in [5.74, 6) is 0.570. The van der Waals surface area contributed by atoms with Crippen molar-refractivity contribution in [1.29, 1.82) is 0 Å². The van der Waals surface area contributed by atoms with Crippen molar-refractivity contribution in [2.45, 2.75) is 45.8 Å². The zero-order chi connectivity index (χ0) is 14.8. The van der Waals surface area contributed by atoms with Crippen molar-refractivity contribution in [3.8, 4) is 0 Å². The zero-order valence-corrected chi connectivity index (χ0v) is 13.9. The molecule has 1 aromatic heterocycles. The van der Waals surface area contributed by atoms with Gasteiger partial charge in [-0.05, 0) is 55.5 Å². The molecule has 2 heterocycles. The summed E-state index contributed by atoms with van der Waals surface area (Å²) in [4.78, 5) is 13.8. The number of likely N-dealkylation sites (tertiary alicyclic amines) is 1. The van der Waals surface area contributed by atoms with Gasteiger partial charge in [-0.2, -0.15) is 5.10 Å². The molecule has 1 aromatic rings. The molecule has 0 aromatic carbocycles. The van der Waals surface area contributed by atoms with Gasteiger partial charge in [0.2, 0.25) is 0 Å². The van der Waals surface area contributed by atoms with E-state index >= 15 is 0 Å². The molecule has 0 N–H and O–H groups in total. The van der Waals surface area contributed by atoms with E-state index in [4.69, 9.17) is 4.74 Å². The fourth-order valence-electron chi connectivity index (χ4n) is 2.33. The first-order valence-corrected chi connectivity index (χ1v) is 7.79. The van der Waals surface area contributed by atoms with Gasteiger partial charge in [0, 0.05) is 25.8 Å². The normalized spacial score (nSPS) is 17.3. The number of rotatable bonds is 2. The maximum absolute atomic E-state index is 12.0. The van der Waals surface area contributed by atoms with E-state index in [9.17, 15) is 4.79 Å². The number of carbonyl (C=O) groups is 1. The molecule has 1 amide bonds. The number of halogens is 1. The third-order valence-corrected chi connectivity index (χ3v) is 3.72. The monoisotopic (exact) mass is 343 g/mol. The number of amides is 1. The Balaban J connectivity index is 1.79. The van der Waals surface area contributed by atoms with E-state index in [1.54, 1.807) is 11.1 Å². The molecule has 6 heteroatoms. The quantitative estimate of drug-likeness (QED) is 0.827. The number of hydrogen-bond acceptors (Lipinski definition) is 3. The van der Waals surface area contributed by atoms with Crippen molar-refractivity contribution >= 4 is 22.0 Å². The Hall–Kier alpha value is -1.04. The molecule has 1 aliphatic heterocycles. The molecule has 0 spiro atoms. The van der Waals surface area contributed by atoms with E-state index in [0.29, 0.717) is 5.92 Å². The summed E-state index contributed by atoms with van der Waals surface area (Å²) >= 11 is 3.40. The number of carbonyl (C=O) groups excluding carboxylic acids is 1. The SMILES string of the molecule is CC(C)(C)OC(=O)N1CCC(Cn2cc(Br)cn2)CC1. The van der Waals surface area contributed by atoms with Gasteiger partial charge in [0.25, 0.3) is 0 Å². The van der Waals surface area contributed by atoms with Gasteiger partial charge in [-0.25, -0.2) is 4.79 Å². The maximum atomic E-state index is 12.0. The van der Waals surface area contributed by atoms with Crippen molar-refractivity contribution in [2.24, 2.45) is 5.92 Å². The first kappa shape index (κ1) is 15.4. The van der Waals surface area contributed by atoms with Crippen LogP contribution in [0.5, 0.6) is 0 Å². The van der Waals surface area contributed by atoms with E-state index in [1.807, 2.05) is 31.6 Å². The molecule has 20 heavy (non-hydrogen) atoms. The molecule has 0 aliphatic carbocycles. The fourth-order valence-corrected chi connectivity index (χ4v) is 2.66. The van der Waals surface area contributed by atoms with Crippen LogP contribution in [0.1, 0.15) is 33.6 Å². The van der Waals surface area contributed by atoms with E-state index in [2.05, 4.69) is 21.0 Å². The molecule has 0 unspecified atom stereocenters. The zero-order valence-electron chi connectivity index (χ0n) is 12.3. The van der Waals surface area contributed by atoms with Crippen LogP contribution in [-0.2, 0) is 11.3 Å². The largest absolute Gasteiger partial charge is 0.444 e. The van der Waals surface area contributed by atoms with Crippen molar-refractivity contribution < 1.29 is 9.53 Å². The van der Waals surface area contributed by atoms with Crippen molar-refractivity contribution in [1.82, 2.24) is 14.7 Å². The standard InChI is InChI=1S/C14H22BrN3O2/c1-14(2,3)20-13(19)17-6-4-11(5-7-17)9-18-10-12(15)8-16-18/h8,10-11H,4-7,9H2,1-3H3. The summed E-state index contributed by atoms with van der Waals surface area (Å²) in [7, 11) is 0. The molecule has 0 saturated carbocycles. The summed E-state index contributed by atoms with van der Waals surface area (Å²) in [5, 5.41) is 4.28. The third kappa shape index (κ3) is 4.51. The Kier molecular flexibility index (Phi) is 4.73. The van der Waals surface area contributed by atoms with E-state index in [1.165, 1.54) is 0 Å². The first-order chi connectivity index (χ1) is 9.33. The minimum atomic E-state index is -0.421. The fraction of sp³-hybridized carbons (Fsp3) is 0.714. The molecule has 112 valence electrons. The van der Waals surface area contributed by atoms with Gasteiger partial charge in [-0.3, -0.25) is 4.68 Å². The highest BCUT2D eigenvalue weighted by Crippen LogP contribution is 2.21. The molecule has 0 bridgehead atoms. The van der Waals surface area contributed by atoms with E-state index in [-0.39, 0.29) is 6.09 Å². The second kappa shape index (κ2) is 6.16. The predicted molar refractivity (Wildman–Crippen MR) is 80.5 cm³/mol. The van der Waals surface area contributed by atoms with Crippen LogP contribution in [-0.4, -0.2) is 39.5 Å². The Morgan fingerprint density at radius 2 is 2.10 bits per heavy atom. The number of nitrogens with zero attached hydrogens (tertiary/aromatic N) is 3. The highest BCUT2D eigenvalue weighted by molar-refractivity contribution is 9.10. The second-order valence-corrected chi connectivity index (χ2v) is 7.21. The maximum Gasteiger partial charge on any atom is 0.410 e. The molecule has 1 aliphatic rings. The average molecular weight is 344 g/mol. The topological polar surface area (TPSA) is 47.4 Å². The Morgan fingerprint density at radius 3 is 2.60 bits per heavy atom. The summed E-state index contributed by atoms with van der Waals surface area (Å²) in [6, 6.07) is 0. The van der Waals surface area contributed by atoms with Gasteiger partial charge < -0.3 is 9.64 Å². The first-order valence-electron chi connectivity index (χ1n) is 6.99. The van der Waals surface area contributed by atoms with Crippen LogP contribution >= 0.6 is 15.9 Å². The van der Waals surface area contributed by atoms with Crippen molar-refractivity contribution in [3.05, 3.63) is 16.9 Å². The smallest absolute Gasteiger partial charge is 0.410 e. The van der Waals surface area contributed by atoms with E-state index in [0.717, 1.165) is 36.9 Å². The van der Waals surface area contributed by atoms with Crippen LogP contribution in [0.4, 0.5) is 4.79 Å². The minimum absolute atomic E-state index is 0.196. The van der Waals surface area contributed by atoms with Gasteiger partial charge in [0.15, 0.2) is 0 Å². The minimum Gasteiger partial charge on any atom is -0.444 e. The summed E-state index contributed by atoms with van der Waals surface area (Å²) in [5.41, 5.74) is -0.421. The molecule has 2 rings (SSSR count). The summed E-state index contributed by atoms with van der Waals surface area (Å²) in [6.07, 6.45) is 5.58. The lowest BCUT2D eigenvalue weighted by atomic mass is 9.97. The van der Waals surface area contributed by atoms with Crippen LogP contribution in [0.2, 0.25) is 0 Å². The van der Waals surface area contributed by atoms with Crippen molar-refractivity contribution in [3.63, 3.8) is 0 Å². The molecule has 5 nitrogen and oxygen atoms in total. The van der Waals surface area contributed by atoms with Gasteiger partial charge >= 0.3 is 6.09 Å². The summed E-state index contributed by atoms with van der Waals surface area (Å²) in [6.45, 7) is 8.13. The van der Waals surface area contributed by atoms with Gasteiger partial charge in [0.05, 0.1) is 10.7 Å². The summed E-state index contributed by atoms with van der Waals surface area (Å²) < 4.78 is 8.36. The molecular weight excluding hydrogens is 322 g/mol. The van der Waals surface area contributed by atoms with Crippen LogP contribution < -0.4 is 0 Å². The number of hydrogen-bond donors (Lipinski definition) is 0. The lowest BCUT2D eigenvalue weighted by Gasteiger charge is -2.33. The van der Waals surface area contributed by atoms with Gasteiger partial charge in [-0.1, -0.05) is 0 Å². The molecule has 0 atom stereocenters. The molecule has 0 radical (unpaired) electrons. The highest BCUT2D eigenvalue weighted by atomic mass is 79.9. The van der Waals surface area contributed by atoms with Crippen LogP contribution in [0.3, 0.4) is 0 Å². The number of piperidine rings is 1. The second-order valence-electron chi connectivity index (χ2n) is 6.29. The molecular formula is C14H22BrN3O2. The predicted octanol–water partition coefficient (Wildman–Crippen LogP) is 3.29. The number of ether oxygens (including phenoxy) is 1. The lowest BCUT2D eigenvalue weighted by Crippen LogP contribution is -2.42. The van der Waals surface area contributed by atoms with Gasteiger partial charge in [0.1, 0.15) is 5.60 Å². The average Bonchev–Trinajstić information content (AvgIpc) is 2.73. The Labute approximate surface area is 128 Å². The van der Waals surface area contributed by atoms with Crippen LogP contribution in [0, 0.1) is 5.92 Å². The van der Waals surface area contributed by atoms with E-state index < -0.39 is 5.60 Å². The number of aromatic nitrogens is 2.